The second-order valence-corrected chi connectivity index (χ2v) is 6.54. The highest BCUT2D eigenvalue weighted by molar-refractivity contribution is 5.92. The van der Waals surface area contributed by atoms with Crippen molar-refractivity contribution in [3.63, 3.8) is 0 Å². The van der Waals surface area contributed by atoms with E-state index in [4.69, 9.17) is 9.47 Å². The van der Waals surface area contributed by atoms with Crippen molar-refractivity contribution in [3.05, 3.63) is 66.2 Å². The zero-order valence-corrected chi connectivity index (χ0v) is 16.0. The summed E-state index contributed by atoms with van der Waals surface area (Å²) in [6.45, 7) is 2.54. The smallest absolute Gasteiger partial charge is 0.246 e. The van der Waals surface area contributed by atoms with Gasteiger partial charge in [0.1, 0.15) is 24.3 Å². The van der Waals surface area contributed by atoms with Crippen molar-refractivity contribution in [3.8, 4) is 11.5 Å². The Labute approximate surface area is 165 Å². The van der Waals surface area contributed by atoms with Gasteiger partial charge in [-0.1, -0.05) is 36.4 Å². The number of nitrogens with zero attached hydrogens (tertiary/aromatic N) is 2. The Morgan fingerprint density at radius 3 is 2.46 bits per heavy atom. The van der Waals surface area contributed by atoms with E-state index in [0.29, 0.717) is 26.2 Å². The summed E-state index contributed by atoms with van der Waals surface area (Å²) >= 11 is 0. The normalized spacial score (nSPS) is 16.1. The molecule has 6 heteroatoms. The molecule has 1 aliphatic heterocycles. The Bertz CT molecular complexity index is 786. The minimum atomic E-state index is -0.693. The van der Waals surface area contributed by atoms with Crippen LogP contribution in [0.1, 0.15) is 5.56 Å². The lowest BCUT2D eigenvalue weighted by Gasteiger charge is -2.36. The fraction of sp³-hybridized carbons (Fsp3) is 0.318. The maximum atomic E-state index is 12.5. The number of aliphatic hydroxyl groups excluding tert-OH is 1. The van der Waals surface area contributed by atoms with Crippen LogP contribution < -0.4 is 9.47 Å². The van der Waals surface area contributed by atoms with E-state index in [1.165, 1.54) is 0 Å². The first-order chi connectivity index (χ1) is 13.7. The van der Waals surface area contributed by atoms with Crippen molar-refractivity contribution in [2.75, 3.05) is 39.9 Å². The average molecular weight is 382 g/mol. The molecule has 0 spiro atoms. The summed E-state index contributed by atoms with van der Waals surface area (Å²) in [5.74, 6) is 1.43. The lowest BCUT2D eigenvalue weighted by Crippen LogP contribution is -2.53. The molecule has 1 atom stereocenters. The summed E-state index contributed by atoms with van der Waals surface area (Å²) in [5.41, 5.74) is 0.866. The Kier molecular flexibility index (Phi) is 7.06. The minimum Gasteiger partial charge on any atom is -0.496 e. The van der Waals surface area contributed by atoms with Gasteiger partial charge in [-0.2, -0.15) is 0 Å². The molecular formula is C22H26N2O4. The van der Waals surface area contributed by atoms with Gasteiger partial charge in [-0.15, -0.1) is 0 Å². The molecule has 1 saturated heterocycles. The van der Waals surface area contributed by atoms with Crippen LogP contribution >= 0.6 is 0 Å². The molecule has 1 fully saturated rings. The number of methoxy groups -OCH3 is 1. The van der Waals surface area contributed by atoms with Crippen molar-refractivity contribution in [2.24, 2.45) is 0 Å². The summed E-state index contributed by atoms with van der Waals surface area (Å²) in [5, 5.41) is 10.3. The first-order valence-electron chi connectivity index (χ1n) is 9.37. The highest BCUT2D eigenvalue weighted by atomic mass is 16.5. The van der Waals surface area contributed by atoms with E-state index in [9.17, 15) is 9.90 Å². The number of carbonyl (C=O) groups excluding carboxylic acids is 1. The number of carbonyl (C=O) groups is 1. The number of hydrogen-bond donors (Lipinski definition) is 1. The molecule has 1 heterocycles. The largest absolute Gasteiger partial charge is 0.496 e. The van der Waals surface area contributed by atoms with E-state index in [0.717, 1.165) is 17.1 Å². The van der Waals surface area contributed by atoms with E-state index in [1.54, 1.807) is 24.2 Å². The van der Waals surface area contributed by atoms with Gasteiger partial charge >= 0.3 is 0 Å². The molecule has 1 unspecified atom stereocenters. The van der Waals surface area contributed by atoms with Crippen molar-refractivity contribution < 1.29 is 19.4 Å². The van der Waals surface area contributed by atoms with E-state index >= 15 is 0 Å². The van der Waals surface area contributed by atoms with Gasteiger partial charge in [0.05, 0.1) is 7.11 Å². The molecule has 148 valence electrons. The molecule has 0 bridgehead atoms. The van der Waals surface area contributed by atoms with Gasteiger partial charge in [0.15, 0.2) is 0 Å². The molecule has 2 aromatic rings. The number of rotatable bonds is 7. The molecule has 1 amide bonds. The van der Waals surface area contributed by atoms with E-state index < -0.39 is 6.23 Å². The van der Waals surface area contributed by atoms with Crippen LogP contribution in [-0.4, -0.2) is 66.9 Å². The third-order valence-corrected chi connectivity index (χ3v) is 4.73. The standard InChI is InChI=1S/C22H26N2O4/c1-27-20-10-6-5-7-18(20)11-12-21(25)23-13-15-24(16-14-23)22(26)17-28-19-8-3-2-4-9-19/h2-12,22,26H,13-17H2,1H3. The summed E-state index contributed by atoms with van der Waals surface area (Å²) in [4.78, 5) is 16.2. The molecule has 6 nitrogen and oxygen atoms in total. The second-order valence-electron chi connectivity index (χ2n) is 6.54. The van der Waals surface area contributed by atoms with Gasteiger partial charge in [-0.25, -0.2) is 0 Å². The van der Waals surface area contributed by atoms with Crippen LogP contribution in [0.15, 0.2) is 60.7 Å². The molecule has 2 aromatic carbocycles. The average Bonchev–Trinajstić information content (AvgIpc) is 2.76. The van der Waals surface area contributed by atoms with Crippen molar-refractivity contribution in [2.45, 2.75) is 6.23 Å². The molecule has 1 aliphatic rings. The van der Waals surface area contributed by atoms with Gasteiger partial charge < -0.3 is 19.5 Å². The molecule has 0 aromatic heterocycles. The van der Waals surface area contributed by atoms with Crippen molar-refractivity contribution in [1.29, 1.82) is 0 Å². The van der Waals surface area contributed by atoms with E-state index in [1.807, 2.05) is 59.5 Å². The third kappa shape index (κ3) is 5.34. The molecule has 0 radical (unpaired) electrons. The number of para-hydroxylation sites is 2. The monoisotopic (exact) mass is 382 g/mol. The molecule has 0 aliphatic carbocycles. The Balaban J connectivity index is 1.46. The van der Waals surface area contributed by atoms with Crippen LogP contribution in [0, 0.1) is 0 Å². The van der Waals surface area contributed by atoms with Gasteiger partial charge in [-0.05, 0) is 24.3 Å². The van der Waals surface area contributed by atoms with Crippen molar-refractivity contribution >= 4 is 12.0 Å². The maximum Gasteiger partial charge on any atom is 0.246 e. The van der Waals surface area contributed by atoms with Crippen LogP contribution in [-0.2, 0) is 4.79 Å². The van der Waals surface area contributed by atoms with Gasteiger partial charge in [0.25, 0.3) is 0 Å². The Morgan fingerprint density at radius 2 is 1.75 bits per heavy atom. The quantitative estimate of drug-likeness (QED) is 0.745. The first kappa shape index (κ1) is 19.9. The zero-order chi connectivity index (χ0) is 19.8. The molecule has 28 heavy (non-hydrogen) atoms. The topological polar surface area (TPSA) is 62.2 Å². The van der Waals surface area contributed by atoms with Crippen LogP contribution in [0.2, 0.25) is 0 Å². The third-order valence-electron chi connectivity index (χ3n) is 4.73. The van der Waals surface area contributed by atoms with E-state index in [-0.39, 0.29) is 12.5 Å². The van der Waals surface area contributed by atoms with Crippen LogP contribution in [0.25, 0.3) is 6.08 Å². The molecule has 3 rings (SSSR count). The van der Waals surface area contributed by atoms with Crippen LogP contribution in [0.4, 0.5) is 0 Å². The van der Waals surface area contributed by atoms with E-state index in [2.05, 4.69) is 0 Å². The molecule has 1 N–H and O–H groups in total. The predicted octanol–water partition coefficient (Wildman–Crippen LogP) is 2.25. The molecule has 0 saturated carbocycles. The summed E-state index contributed by atoms with van der Waals surface area (Å²) in [7, 11) is 1.61. The number of piperazine rings is 1. The minimum absolute atomic E-state index is 0.0411. The number of hydrogen-bond acceptors (Lipinski definition) is 5. The maximum absolute atomic E-state index is 12.5. The number of benzene rings is 2. The van der Waals surface area contributed by atoms with Crippen LogP contribution in [0.5, 0.6) is 11.5 Å². The van der Waals surface area contributed by atoms with Crippen molar-refractivity contribution in [1.82, 2.24) is 9.80 Å². The summed E-state index contributed by atoms with van der Waals surface area (Å²) in [6.07, 6.45) is 2.65. The predicted molar refractivity (Wildman–Crippen MR) is 108 cm³/mol. The first-order valence-corrected chi connectivity index (χ1v) is 9.37. The lowest BCUT2D eigenvalue weighted by molar-refractivity contribution is -0.130. The SMILES string of the molecule is COc1ccccc1C=CC(=O)N1CCN(C(O)COc2ccccc2)CC1. The number of ether oxygens (including phenoxy) is 2. The van der Waals surface area contributed by atoms with Gasteiger partial charge in [-0.3, -0.25) is 9.69 Å². The summed E-state index contributed by atoms with van der Waals surface area (Å²) in [6, 6.07) is 17.0. The van der Waals surface area contributed by atoms with Crippen LogP contribution in [0.3, 0.4) is 0 Å². The molecular weight excluding hydrogens is 356 g/mol. The number of aliphatic hydroxyl groups is 1. The van der Waals surface area contributed by atoms with Gasteiger partial charge in [0, 0.05) is 37.8 Å². The zero-order valence-electron chi connectivity index (χ0n) is 16.0. The summed E-state index contributed by atoms with van der Waals surface area (Å²) < 4.78 is 10.9. The highest BCUT2D eigenvalue weighted by Crippen LogP contribution is 2.19. The Hall–Kier alpha value is -2.83. The highest BCUT2D eigenvalue weighted by Gasteiger charge is 2.24. The fourth-order valence-electron chi connectivity index (χ4n) is 3.10. The number of amides is 1. The lowest BCUT2D eigenvalue weighted by atomic mass is 10.2. The van der Waals surface area contributed by atoms with Gasteiger partial charge in [0.2, 0.25) is 5.91 Å². The fourth-order valence-corrected chi connectivity index (χ4v) is 3.10. The Morgan fingerprint density at radius 1 is 1.07 bits per heavy atom. The second kappa shape index (κ2) is 9.92.